The summed E-state index contributed by atoms with van der Waals surface area (Å²) in [6.45, 7) is 3.41. The number of ether oxygens (including phenoxy) is 4. The number of nitrogens with zero attached hydrogens (tertiary/aromatic N) is 4. The summed E-state index contributed by atoms with van der Waals surface area (Å²) in [4.78, 5) is 25.4. The average molecular weight is 485 g/mol. The van der Waals surface area contributed by atoms with Crippen LogP contribution in [0.2, 0.25) is 0 Å². The van der Waals surface area contributed by atoms with Crippen LogP contribution in [0.3, 0.4) is 0 Å². The highest BCUT2D eigenvalue weighted by Gasteiger charge is 2.23. The molecule has 11 nitrogen and oxygen atoms in total. The molecule has 35 heavy (non-hydrogen) atoms. The summed E-state index contributed by atoms with van der Waals surface area (Å²) in [5, 5.41) is 28.2. The molecular formula is C24H28N4O7. The molecule has 1 aromatic heterocycles. The summed E-state index contributed by atoms with van der Waals surface area (Å²) in [6, 6.07) is 8.19. The highest BCUT2D eigenvalue weighted by atomic mass is 16.6. The summed E-state index contributed by atoms with van der Waals surface area (Å²) in [7, 11) is 1.57. The van der Waals surface area contributed by atoms with Gasteiger partial charge in [-0.05, 0) is 38.0 Å². The molecule has 0 radical (unpaired) electrons. The number of hydrogen-bond acceptors (Lipinski definition) is 10. The van der Waals surface area contributed by atoms with Gasteiger partial charge >= 0.3 is 5.97 Å². The van der Waals surface area contributed by atoms with E-state index in [2.05, 4.69) is 10.2 Å². The van der Waals surface area contributed by atoms with Crippen molar-refractivity contribution in [2.24, 2.45) is 10.2 Å². The third-order valence-corrected chi connectivity index (χ3v) is 5.42. The fourth-order valence-corrected chi connectivity index (χ4v) is 3.54. The van der Waals surface area contributed by atoms with Crippen LogP contribution in [0.5, 0.6) is 5.88 Å². The topological polar surface area (TPSA) is 145 Å². The quantitative estimate of drug-likeness (QED) is 0.291. The molecule has 1 aliphatic heterocycles. The van der Waals surface area contributed by atoms with Gasteiger partial charge in [-0.25, -0.2) is 4.79 Å². The Morgan fingerprint density at radius 3 is 2.80 bits per heavy atom. The summed E-state index contributed by atoms with van der Waals surface area (Å²) in [5.74, 6) is -0.968. The molecule has 0 bridgehead atoms. The van der Waals surface area contributed by atoms with E-state index >= 15 is 0 Å². The minimum Gasteiger partial charge on any atom is -0.493 e. The number of azo groups is 1. The van der Waals surface area contributed by atoms with Gasteiger partial charge in [-0.3, -0.25) is 9.36 Å². The Kier molecular flexibility index (Phi) is 9.48. The van der Waals surface area contributed by atoms with Gasteiger partial charge in [0.25, 0.3) is 5.56 Å². The van der Waals surface area contributed by atoms with Crippen molar-refractivity contribution in [3.63, 3.8) is 0 Å². The minimum atomic E-state index is -0.581. The molecule has 11 heteroatoms. The van der Waals surface area contributed by atoms with E-state index < -0.39 is 17.4 Å². The van der Waals surface area contributed by atoms with Crippen molar-refractivity contribution in [3.8, 4) is 11.9 Å². The molecule has 1 aliphatic rings. The van der Waals surface area contributed by atoms with E-state index in [1.165, 1.54) is 13.0 Å². The molecule has 3 rings (SSSR count). The highest BCUT2D eigenvalue weighted by Crippen LogP contribution is 2.28. The maximum absolute atomic E-state index is 13.1. The number of carbonyl (C=O) groups excluding carboxylic acids is 1. The van der Waals surface area contributed by atoms with Crippen LogP contribution in [-0.4, -0.2) is 61.9 Å². The Morgan fingerprint density at radius 1 is 1.29 bits per heavy atom. The van der Waals surface area contributed by atoms with Gasteiger partial charge < -0.3 is 24.1 Å². The lowest BCUT2D eigenvalue weighted by Crippen LogP contribution is -2.27. The van der Waals surface area contributed by atoms with Gasteiger partial charge in [-0.2, -0.15) is 10.4 Å². The number of pyridine rings is 1. The van der Waals surface area contributed by atoms with Gasteiger partial charge in [0, 0.05) is 19.3 Å². The fourth-order valence-electron chi connectivity index (χ4n) is 3.54. The lowest BCUT2D eigenvalue weighted by atomic mass is 10.1. The maximum atomic E-state index is 13.1. The lowest BCUT2D eigenvalue weighted by Gasteiger charge is -2.16. The fraction of sp³-hybridized carbons (Fsp3) is 0.458. The zero-order valence-corrected chi connectivity index (χ0v) is 19.7. The molecule has 1 saturated heterocycles. The Morgan fingerprint density at radius 2 is 2.09 bits per heavy atom. The van der Waals surface area contributed by atoms with E-state index in [0.717, 1.165) is 17.4 Å². The molecule has 0 amide bonds. The molecular weight excluding hydrogens is 456 g/mol. The van der Waals surface area contributed by atoms with E-state index in [0.29, 0.717) is 25.5 Å². The molecule has 1 unspecified atom stereocenters. The number of nitriles is 1. The van der Waals surface area contributed by atoms with E-state index in [1.54, 1.807) is 25.3 Å². The van der Waals surface area contributed by atoms with E-state index in [1.807, 2.05) is 6.07 Å². The van der Waals surface area contributed by atoms with Crippen molar-refractivity contribution in [2.45, 2.75) is 32.4 Å². The Bertz CT molecular complexity index is 1160. The molecule has 0 aliphatic carbocycles. The number of methoxy groups -OCH3 is 1. The first-order valence-corrected chi connectivity index (χ1v) is 11.2. The predicted molar refractivity (Wildman–Crippen MR) is 124 cm³/mol. The van der Waals surface area contributed by atoms with Gasteiger partial charge in [0.2, 0.25) is 5.88 Å². The van der Waals surface area contributed by atoms with Gasteiger partial charge in [0.1, 0.15) is 18.2 Å². The zero-order valence-electron chi connectivity index (χ0n) is 19.7. The average Bonchev–Trinajstić information content (AvgIpc) is 3.37. The van der Waals surface area contributed by atoms with Crippen LogP contribution in [0.15, 0.2) is 39.3 Å². The second-order valence-corrected chi connectivity index (χ2v) is 7.83. The number of benzene rings is 1. The molecule has 186 valence electrons. The van der Waals surface area contributed by atoms with Gasteiger partial charge in [0.05, 0.1) is 43.7 Å². The molecule has 2 heterocycles. The molecule has 1 N–H and O–H groups in total. The third-order valence-electron chi connectivity index (χ3n) is 5.42. The normalized spacial score (nSPS) is 15.4. The summed E-state index contributed by atoms with van der Waals surface area (Å²) >= 11 is 0. The molecule has 2 aromatic rings. The van der Waals surface area contributed by atoms with Crippen molar-refractivity contribution in [3.05, 3.63) is 51.3 Å². The van der Waals surface area contributed by atoms with Crippen LogP contribution in [0.4, 0.5) is 11.4 Å². The number of aromatic hydroxyl groups is 1. The van der Waals surface area contributed by atoms with Crippen LogP contribution in [0, 0.1) is 18.3 Å². The third kappa shape index (κ3) is 6.73. The smallest absolute Gasteiger partial charge is 0.338 e. The largest absolute Gasteiger partial charge is 0.493 e. The van der Waals surface area contributed by atoms with E-state index in [-0.39, 0.29) is 48.2 Å². The number of aromatic nitrogens is 1. The Hall–Kier alpha value is -3.59. The molecule has 0 spiro atoms. The van der Waals surface area contributed by atoms with Crippen LogP contribution < -0.4 is 5.56 Å². The second-order valence-electron chi connectivity index (χ2n) is 7.83. The number of rotatable bonds is 11. The maximum Gasteiger partial charge on any atom is 0.338 e. The van der Waals surface area contributed by atoms with Crippen molar-refractivity contribution in [1.82, 2.24) is 4.57 Å². The molecule has 1 aromatic carbocycles. The van der Waals surface area contributed by atoms with Crippen molar-refractivity contribution in [1.29, 1.82) is 5.26 Å². The molecule has 1 fully saturated rings. The van der Waals surface area contributed by atoms with Crippen LogP contribution in [-0.2, 0) is 25.5 Å². The van der Waals surface area contributed by atoms with Gasteiger partial charge in [0.15, 0.2) is 5.69 Å². The summed E-state index contributed by atoms with van der Waals surface area (Å²) in [6.07, 6.45) is 1.38. The minimum absolute atomic E-state index is 0.0541. The van der Waals surface area contributed by atoms with E-state index in [4.69, 9.17) is 18.9 Å². The van der Waals surface area contributed by atoms with Crippen LogP contribution >= 0.6 is 0 Å². The second kappa shape index (κ2) is 12.8. The molecule has 1 atom stereocenters. The van der Waals surface area contributed by atoms with Crippen molar-refractivity contribution >= 4 is 17.3 Å². The summed E-state index contributed by atoms with van der Waals surface area (Å²) < 4.78 is 22.0. The van der Waals surface area contributed by atoms with Gasteiger partial charge in [-0.1, -0.05) is 6.07 Å². The Labute approximate surface area is 202 Å². The lowest BCUT2D eigenvalue weighted by molar-refractivity contribution is 0.0214. The SMILES string of the molecule is COCCOCCOC(=O)c1cccc(N=Nc2c(C)c(C#N)c(O)n(CC3CCCO3)c2=O)c1. The Balaban J connectivity index is 1.77. The zero-order chi connectivity index (χ0) is 25.2. The van der Waals surface area contributed by atoms with Gasteiger partial charge in [-0.15, -0.1) is 5.11 Å². The summed E-state index contributed by atoms with van der Waals surface area (Å²) in [5.41, 5.74) is 0.0786. The number of esters is 1. The van der Waals surface area contributed by atoms with Crippen LogP contribution in [0.25, 0.3) is 0 Å². The standard InChI is InChI=1S/C24H28N4O7/c1-16-20(14-25)22(29)28(15-19-7-4-8-34-19)23(30)21(16)27-26-18-6-3-5-17(13-18)24(31)35-12-11-33-10-9-32-2/h3,5-6,13,19,29H,4,7-12,15H2,1-2H3. The number of carbonyl (C=O) groups is 1. The number of hydrogen-bond donors (Lipinski definition) is 1. The van der Waals surface area contributed by atoms with Crippen LogP contribution in [0.1, 0.15) is 34.3 Å². The van der Waals surface area contributed by atoms with Crippen molar-refractivity contribution < 1.29 is 28.8 Å². The van der Waals surface area contributed by atoms with E-state index in [9.17, 15) is 20.0 Å². The first-order chi connectivity index (χ1) is 17.0. The first kappa shape index (κ1) is 26.0. The van der Waals surface area contributed by atoms with Crippen molar-refractivity contribution in [2.75, 3.05) is 40.1 Å². The highest BCUT2D eigenvalue weighted by molar-refractivity contribution is 5.90. The first-order valence-electron chi connectivity index (χ1n) is 11.2. The molecule has 0 saturated carbocycles. The monoisotopic (exact) mass is 484 g/mol. The predicted octanol–water partition coefficient (Wildman–Crippen LogP) is 3.15.